The molecule has 2 N–H and O–H groups in total. The smallest absolute Gasteiger partial charge is 0.298 e. The number of hydrogen-bond donors (Lipinski definition) is 2. The fourth-order valence-electron chi connectivity index (χ4n) is 3.84. The number of aromatic nitrogens is 1. The molecule has 2 aliphatic rings. The van der Waals surface area contributed by atoms with Crippen LogP contribution in [-0.4, -0.2) is 43.6 Å². The third-order valence-electron chi connectivity index (χ3n) is 5.44. The van der Waals surface area contributed by atoms with Crippen molar-refractivity contribution in [2.45, 2.75) is 25.7 Å². The number of nitrogens with zero attached hydrogens (tertiary/aromatic N) is 2. The number of amides is 1. The molecule has 1 aromatic carbocycles. The Balaban J connectivity index is 1.29. The number of carbonyl (C=O) groups is 1. The molecule has 2 saturated heterocycles. The van der Waals surface area contributed by atoms with Gasteiger partial charge in [-0.3, -0.25) is 4.79 Å². The largest absolute Gasteiger partial charge is 0.423 e. The summed E-state index contributed by atoms with van der Waals surface area (Å²) >= 11 is 6.00. The lowest BCUT2D eigenvalue weighted by atomic mass is 9.95. The fourth-order valence-corrected chi connectivity index (χ4v) is 4.00. The predicted molar refractivity (Wildman–Crippen MR) is 103 cm³/mol. The minimum atomic E-state index is 0.0848. The number of rotatable bonds is 4. The molecule has 7 heteroatoms. The minimum Gasteiger partial charge on any atom is -0.423 e. The van der Waals surface area contributed by atoms with Crippen LogP contribution in [0.3, 0.4) is 0 Å². The van der Waals surface area contributed by atoms with Crippen LogP contribution in [0.1, 0.15) is 25.7 Å². The van der Waals surface area contributed by atoms with Gasteiger partial charge in [0.25, 0.3) is 6.01 Å². The number of nitrogens with one attached hydrogen (secondary N) is 2. The zero-order valence-corrected chi connectivity index (χ0v) is 15.6. The molecule has 140 valence electrons. The van der Waals surface area contributed by atoms with Crippen LogP contribution in [0.5, 0.6) is 0 Å². The number of piperidine rings is 2. The van der Waals surface area contributed by atoms with Crippen LogP contribution in [-0.2, 0) is 4.79 Å². The highest BCUT2D eigenvalue weighted by molar-refractivity contribution is 6.31. The summed E-state index contributed by atoms with van der Waals surface area (Å²) in [4.78, 5) is 19.1. The first-order valence-electron chi connectivity index (χ1n) is 9.48. The van der Waals surface area contributed by atoms with Crippen molar-refractivity contribution in [2.24, 2.45) is 11.8 Å². The Hall–Kier alpha value is -1.79. The van der Waals surface area contributed by atoms with Crippen molar-refractivity contribution < 1.29 is 9.21 Å². The molecule has 0 bridgehead atoms. The number of fused-ring (bicyclic) bond motifs is 1. The molecule has 0 spiro atoms. The molecular weight excluding hydrogens is 352 g/mol. The zero-order chi connectivity index (χ0) is 17.9. The third kappa shape index (κ3) is 3.96. The van der Waals surface area contributed by atoms with Gasteiger partial charge in [-0.1, -0.05) is 11.6 Å². The Labute approximate surface area is 158 Å². The van der Waals surface area contributed by atoms with Crippen LogP contribution in [0.2, 0.25) is 5.02 Å². The predicted octanol–water partition coefficient (Wildman–Crippen LogP) is 2.81. The second kappa shape index (κ2) is 7.84. The first-order chi connectivity index (χ1) is 12.7. The van der Waals surface area contributed by atoms with Gasteiger partial charge in [0.2, 0.25) is 5.91 Å². The zero-order valence-electron chi connectivity index (χ0n) is 14.8. The lowest BCUT2D eigenvalue weighted by molar-refractivity contribution is -0.125. The monoisotopic (exact) mass is 376 g/mol. The highest BCUT2D eigenvalue weighted by Gasteiger charge is 2.27. The van der Waals surface area contributed by atoms with E-state index in [1.165, 1.54) is 12.8 Å². The van der Waals surface area contributed by atoms with Crippen molar-refractivity contribution in [3.63, 3.8) is 0 Å². The van der Waals surface area contributed by atoms with Gasteiger partial charge in [0.05, 0.1) is 0 Å². The van der Waals surface area contributed by atoms with Crippen molar-refractivity contribution >= 4 is 34.6 Å². The Morgan fingerprint density at radius 2 is 2.19 bits per heavy atom. The molecule has 4 rings (SSSR count). The van der Waals surface area contributed by atoms with E-state index in [0.29, 0.717) is 22.5 Å². The van der Waals surface area contributed by atoms with Crippen molar-refractivity contribution in [1.29, 1.82) is 0 Å². The van der Waals surface area contributed by atoms with E-state index in [0.717, 1.165) is 51.1 Å². The molecule has 2 aliphatic heterocycles. The molecule has 0 radical (unpaired) electrons. The summed E-state index contributed by atoms with van der Waals surface area (Å²) in [6, 6.07) is 6.09. The molecule has 6 nitrogen and oxygen atoms in total. The second-order valence-electron chi connectivity index (χ2n) is 7.33. The number of halogens is 1. The first kappa shape index (κ1) is 17.6. The first-order valence-corrected chi connectivity index (χ1v) is 9.86. The summed E-state index contributed by atoms with van der Waals surface area (Å²) in [6.45, 7) is 4.47. The third-order valence-corrected chi connectivity index (χ3v) is 5.67. The van der Waals surface area contributed by atoms with Crippen molar-refractivity contribution in [3.8, 4) is 0 Å². The summed E-state index contributed by atoms with van der Waals surface area (Å²) in [6.07, 6.45) is 4.06. The summed E-state index contributed by atoms with van der Waals surface area (Å²) in [5.74, 6) is 0.848. The van der Waals surface area contributed by atoms with Gasteiger partial charge >= 0.3 is 0 Å². The van der Waals surface area contributed by atoms with E-state index in [1.54, 1.807) is 6.07 Å². The van der Waals surface area contributed by atoms with Gasteiger partial charge < -0.3 is 20.0 Å². The summed E-state index contributed by atoms with van der Waals surface area (Å²) in [5.41, 5.74) is 1.51. The highest BCUT2D eigenvalue weighted by atomic mass is 35.5. The van der Waals surface area contributed by atoms with Gasteiger partial charge in [0.15, 0.2) is 5.58 Å². The van der Waals surface area contributed by atoms with E-state index in [1.807, 2.05) is 12.1 Å². The molecule has 0 saturated carbocycles. The van der Waals surface area contributed by atoms with Gasteiger partial charge in [-0.2, -0.15) is 4.98 Å². The quantitative estimate of drug-likeness (QED) is 0.858. The standard InChI is InChI=1S/C19H25ClN4O2/c20-15-3-4-16-17(10-15)26-19(23-16)24-8-5-14(6-9-24)18(25)22-12-13-2-1-7-21-11-13/h3-4,10,13-14,21H,1-2,5-9,11-12H2,(H,22,25). The lowest BCUT2D eigenvalue weighted by Crippen LogP contribution is -2.43. The molecule has 1 atom stereocenters. The van der Waals surface area contributed by atoms with Crippen molar-refractivity contribution in [1.82, 2.24) is 15.6 Å². The van der Waals surface area contributed by atoms with E-state index >= 15 is 0 Å². The van der Waals surface area contributed by atoms with Gasteiger partial charge in [-0.05, 0) is 56.8 Å². The van der Waals surface area contributed by atoms with Crippen molar-refractivity contribution in [3.05, 3.63) is 23.2 Å². The maximum absolute atomic E-state index is 12.5. The fraction of sp³-hybridized carbons (Fsp3) is 0.579. The summed E-state index contributed by atoms with van der Waals surface area (Å²) in [5, 5.41) is 7.19. The van der Waals surface area contributed by atoms with E-state index in [4.69, 9.17) is 16.0 Å². The highest BCUT2D eigenvalue weighted by Crippen LogP contribution is 2.28. The van der Waals surface area contributed by atoms with Gasteiger partial charge in [-0.15, -0.1) is 0 Å². The van der Waals surface area contributed by atoms with Crippen LogP contribution in [0.25, 0.3) is 11.1 Å². The summed E-state index contributed by atoms with van der Waals surface area (Å²) < 4.78 is 5.83. The SMILES string of the molecule is O=C(NCC1CCCNC1)C1CCN(c2nc3ccc(Cl)cc3o2)CC1. The molecule has 2 fully saturated rings. The second-order valence-corrected chi connectivity index (χ2v) is 7.76. The molecule has 1 unspecified atom stereocenters. The topological polar surface area (TPSA) is 70.4 Å². The maximum atomic E-state index is 12.5. The van der Waals surface area contributed by atoms with E-state index in [-0.39, 0.29) is 11.8 Å². The number of hydrogen-bond acceptors (Lipinski definition) is 5. The number of oxazole rings is 1. The van der Waals surface area contributed by atoms with Gasteiger partial charge in [-0.25, -0.2) is 0 Å². The minimum absolute atomic E-state index is 0.0848. The van der Waals surface area contributed by atoms with Crippen LogP contribution in [0.15, 0.2) is 22.6 Å². The maximum Gasteiger partial charge on any atom is 0.298 e. The Morgan fingerprint density at radius 3 is 2.96 bits per heavy atom. The molecule has 0 aliphatic carbocycles. The lowest BCUT2D eigenvalue weighted by Gasteiger charge is -2.30. The molecule has 1 aromatic heterocycles. The Bertz CT molecular complexity index is 764. The van der Waals surface area contributed by atoms with E-state index in [2.05, 4.69) is 20.5 Å². The Morgan fingerprint density at radius 1 is 1.35 bits per heavy atom. The Kier molecular flexibility index (Phi) is 5.31. The van der Waals surface area contributed by atoms with Crippen LogP contribution in [0, 0.1) is 11.8 Å². The van der Waals surface area contributed by atoms with Crippen LogP contribution in [0.4, 0.5) is 6.01 Å². The number of carbonyl (C=O) groups excluding carboxylic acids is 1. The number of benzene rings is 1. The van der Waals surface area contributed by atoms with Crippen LogP contribution >= 0.6 is 11.6 Å². The van der Waals surface area contributed by atoms with E-state index in [9.17, 15) is 4.79 Å². The van der Waals surface area contributed by atoms with Crippen molar-refractivity contribution in [2.75, 3.05) is 37.6 Å². The van der Waals surface area contributed by atoms with Gasteiger partial charge in [0.1, 0.15) is 5.52 Å². The van der Waals surface area contributed by atoms with Gasteiger partial charge in [0, 0.05) is 36.6 Å². The molecule has 2 aromatic rings. The number of anilines is 1. The molecular formula is C19H25ClN4O2. The van der Waals surface area contributed by atoms with E-state index < -0.39 is 0 Å². The summed E-state index contributed by atoms with van der Waals surface area (Å²) in [7, 11) is 0. The average Bonchev–Trinajstić information content (AvgIpc) is 3.10. The molecule has 26 heavy (non-hydrogen) atoms. The van der Waals surface area contributed by atoms with Crippen LogP contribution < -0.4 is 15.5 Å². The molecule has 3 heterocycles. The average molecular weight is 377 g/mol. The molecule has 1 amide bonds. The normalized spacial score (nSPS) is 21.9.